The summed E-state index contributed by atoms with van der Waals surface area (Å²) in [6.07, 6.45) is 1.55. The van der Waals surface area contributed by atoms with Crippen LogP contribution in [0.3, 0.4) is 0 Å². The van der Waals surface area contributed by atoms with Crippen molar-refractivity contribution in [3.63, 3.8) is 0 Å². The van der Waals surface area contributed by atoms with Crippen LogP contribution in [0.5, 0.6) is 0 Å². The van der Waals surface area contributed by atoms with E-state index in [0.717, 1.165) is 11.5 Å². The molecule has 5 nitrogen and oxygen atoms in total. The summed E-state index contributed by atoms with van der Waals surface area (Å²) in [6, 6.07) is 7.28. The zero-order valence-corrected chi connectivity index (χ0v) is 11.2. The number of hydrogen-bond acceptors (Lipinski definition) is 5. The fourth-order valence-electron chi connectivity index (χ4n) is 1.84. The van der Waals surface area contributed by atoms with Gasteiger partial charge in [0.25, 0.3) is 0 Å². The van der Waals surface area contributed by atoms with Crippen molar-refractivity contribution in [1.82, 2.24) is 5.32 Å². The van der Waals surface area contributed by atoms with Crippen molar-refractivity contribution < 1.29 is 18.7 Å². The molecule has 19 heavy (non-hydrogen) atoms. The number of rotatable bonds is 7. The van der Waals surface area contributed by atoms with Crippen LogP contribution >= 0.6 is 0 Å². The Morgan fingerprint density at radius 1 is 1.32 bits per heavy atom. The molecule has 104 valence electrons. The van der Waals surface area contributed by atoms with E-state index < -0.39 is 5.60 Å². The van der Waals surface area contributed by atoms with Crippen LogP contribution in [0, 0.1) is 0 Å². The van der Waals surface area contributed by atoms with E-state index in [1.54, 1.807) is 32.4 Å². The van der Waals surface area contributed by atoms with Crippen LogP contribution in [0.2, 0.25) is 0 Å². The lowest BCUT2D eigenvalue weighted by atomic mass is 10.0. The van der Waals surface area contributed by atoms with Gasteiger partial charge in [0.15, 0.2) is 0 Å². The van der Waals surface area contributed by atoms with Crippen molar-refractivity contribution in [3.05, 3.63) is 47.8 Å². The number of ether oxygens (including phenoxy) is 1. The molecule has 0 aliphatic heterocycles. The molecule has 0 spiro atoms. The lowest BCUT2D eigenvalue weighted by Crippen LogP contribution is -2.34. The molecule has 1 atom stereocenters. The Balaban J connectivity index is 1.82. The van der Waals surface area contributed by atoms with E-state index in [9.17, 15) is 5.11 Å². The summed E-state index contributed by atoms with van der Waals surface area (Å²) < 4.78 is 15.7. The lowest BCUT2D eigenvalue weighted by Gasteiger charge is -2.20. The summed E-state index contributed by atoms with van der Waals surface area (Å²) in [5, 5.41) is 13.4. The molecule has 2 aromatic rings. The molecule has 2 aromatic heterocycles. The molecule has 2 heterocycles. The second kappa shape index (κ2) is 6.06. The number of hydrogen-bond donors (Lipinski definition) is 2. The number of nitrogens with one attached hydrogen (secondary N) is 1. The molecule has 1 unspecified atom stereocenters. The number of aliphatic hydroxyl groups is 1. The highest BCUT2D eigenvalue weighted by Gasteiger charge is 2.25. The Labute approximate surface area is 112 Å². The first-order valence-corrected chi connectivity index (χ1v) is 6.15. The van der Waals surface area contributed by atoms with Gasteiger partial charge in [0.2, 0.25) is 0 Å². The minimum absolute atomic E-state index is 0.376. The summed E-state index contributed by atoms with van der Waals surface area (Å²) in [4.78, 5) is 0. The van der Waals surface area contributed by atoms with Gasteiger partial charge in [0.05, 0.1) is 12.8 Å². The first kappa shape index (κ1) is 13.9. The maximum absolute atomic E-state index is 10.2. The highest BCUT2D eigenvalue weighted by molar-refractivity contribution is 5.09. The fraction of sp³-hybridized carbons (Fsp3) is 0.429. The maximum atomic E-state index is 10.2. The van der Waals surface area contributed by atoms with E-state index in [1.165, 1.54) is 0 Å². The van der Waals surface area contributed by atoms with Crippen molar-refractivity contribution in [1.29, 1.82) is 0 Å². The molecule has 0 aliphatic rings. The molecule has 0 saturated heterocycles. The largest absolute Gasteiger partial charge is 0.466 e. The molecule has 0 radical (unpaired) electrons. The van der Waals surface area contributed by atoms with Crippen LogP contribution in [0.4, 0.5) is 0 Å². The van der Waals surface area contributed by atoms with Crippen LogP contribution in [0.25, 0.3) is 0 Å². The monoisotopic (exact) mass is 265 g/mol. The average Bonchev–Trinajstić information content (AvgIpc) is 3.00. The van der Waals surface area contributed by atoms with Gasteiger partial charge in [-0.2, -0.15) is 0 Å². The van der Waals surface area contributed by atoms with Crippen molar-refractivity contribution in [2.24, 2.45) is 0 Å². The topological polar surface area (TPSA) is 67.8 Å². The average molecular weight is 265 g/mol. The Hall–Kier alpha value is -1.56. The second-order valence-electron chi connectivity index (χ2n) is 4.66. The Morgan fingerprint density at radius 2 is 2.11 bits per heavy atom. The van der Waals surface area contributed by atoms with Crippen LogP contribution in [-0.4, -0.2) is 18.8 Å². The molecular formula is C14H19NO4. The third-order valence-electron chi connectivity index (χ3n) is 2.82. The first-order valence-electron chi connectivity index (χ1n) is 6.15. The molecule has 0 amide bonds. The molecule has 0 bridgehead atoms. The van der Waals surface area contributed by atoms with Gasteiger partial charge in [-0.1, -0.05) is 0 Å². The van der Waals surface area contributed by atoms with Gasteiger partial charge in [-0.3, -0.25) is 0 Å². The molecule has 0 aromatic carbocycles. The molecule has 5 heteroatoms. The maximum Gasteiger partial charge on any atom is 0.136 e. The SMILES string of the molecule is COCc1ccc(CNCC(C)(O)c2ccco2)o1. The van der Waals surface area contributed by atoms with Crippen molar-refractivity contribution in [2.45, 2.75) is 25.7 Å². The zero-order chi connectivity index (χ0) is 13.7. The molecular weight excluding hydrogens is 246 g/mol. The Kier molecular flexibility index (Phi) is 4.42. The highest BCUT2D eigenvalue weighted by atomic mass is 16.5. The number of methoxy groups -OCH3 is 1. The van der Waals surface area contributed by atoms with Crippen LogP contribution < -0.4 is 5.32 Å². The summed E-state index contributed by atoms with van der Waals surface area (Å²) in [5.41, 5.74) is -1.04. The summed E-state index contributed by atoms with van der Waals surface area (Å²) in [5.74, 6) is 2.14. The first-order chi connectivity index (χ1) is 9.12. The predicted molar refractivity (Wildman–Crippen MR) is 69.4 cm³/mol. The van der Waals surface area contributed by atoms with E-state index in [-0.39, 0.29) is 0 Å². The normalized spacial score (nSPS) is 14.5. The molecule has 0 fully saturated rings. The van der Waals surface area contributed by atoms with Gasteiger partial charge >= 0.3 is 0 Å². The smallest absolute Gasteiger partial charge is 0.136 e. The van der Waals surface area contributed by atoms with Crippen LogP contribution in [-0.2, 0) is 23.5 Å². The van der Waals surface area contributed by atoms with E-state index in [2.05, 4.69) is 5.32 Å². The van der Waals surface area contributed by atoms with Gasteiger partial charge in [-0.15, -0.1) is 0 Å². The van der Waals surface area contributed by atoms with Crippen LogP contribution in [0.15, 0.2) is 39.4 Å². The predicted octanol–water partition coefficient (Wildman–Crippen LogP) is 2.02. The van der Waals surface area contributed by atoms with Crippen LogP contribution in [0.1, 0.15) is 24.2 Å². The standard InChI is InChI=1S/C14H19NO4/c1-14(16,13-4-3-7-18-13)10-15-8-11-5-6-12(19-11)9-17-2/h3-7,15-16H,8-10H2,1-2H3. The fourth-order valence-corrected chi connectivity index (χ4v) is 1.84. The minimum atomic E-state index is -1.04. The van der Waals surface area contributed by atoms with Gasteiger partial charge in [-0.05, 0) is 31.2 Å². The second-order valence-corrected chi connectivity index (χ2v) is 4.66. The van der Waals surface area contributed by atoms with Crippen molar-refractivity contribution in [2.75, 3.05) is 13.7 Å². The lowest BCUT2D eigenvalue weighted by molar-refractivity contribution is 0.0336. The van der Waals surface area contributed by atoms with Gasteiger partial charge in [-0.25, -0.2) is 0 Å². The quantitative estimate of drug-likeness (QED) is 0.801. The van der Waals surface area contributed by atoms with E-state index in [1.807, 2.05) is 12.1 Å². The summed E-state index contributed by atoms with van der Waals surface area (Å²) in [7, 11) is 1.63. The van der Waals surface area contributed by atoms with Crippen molar-refractivity contribution >= 4 is 0 Å². The molecule has 2 rings (SSSR count). The van der Waals surface area contributed by atoms with Gasteiger partial charge in [0, 0.05) is 13.7 Å². The zero-order valence-electron chi connectivity index (χ0n) is 11.2. The molecule has 0 aliphatic carbocycles. The Morgan fingerprint density at radius 3 is 2.79 bits per heavy atom. The summed E-state index contributed by atoms with van der Waals surface area (Å²) >= 11 is 0. The molecule has 0 saturated carbocycles. The van der Waals surface area contributed by atoms with Crippen molar-refractivity contribution in [3.8, 4) is 0 Å². The number of furan rings is 2. The van der Waals surface area contributed by atoms with Gasteiger partial charge in [0.1, 0.15) is 29.5 Å². The highest BCUT2D eigenvalue weighted by Crippen LogP contribution is 2.20. The third-order valence-corrected chi connectivity index (χ3v) is 2.82. The summed E-state index contributed by atoms with van der Waals surface area (Å²) in [6.45, 7) is 3.09. The minimum Gasteiger partial charge on any atom is -0.466 e. The van der Waals surface area contributed by atoms with Gasteiger partial charge < -0.3 is 24.0 Å². The van der Waals surface area contributed by atoms with E-state index >= 15 is 0 Å². The molecule has 2 N–H and O–H groups in total. The van der Waals surface area contributed by atoms with E-state index in [0.29, 0.717) is 25.5 Å². The van der Waals surface area contributed by atoms with E-state index in [4.69, 9.17) is 13.6 Å². The Bertz CT molecular complexity index is 487. The third kappa shape index (κ3) is 3.70.